The van der Waals surface area contributed by atoms with E-state index in [1.807, 2.05) is 6.07 Å². The topological polar surface area (TPSA) is 29.1 Å². The molecule has 0 bridgehead atoms. The third-order valence-corrected chi connectivity index (χ3v) is 4.84. The maximum atomic E-state index is 12.6. The molecule has 0 saturated carbocycles. The third kappa shape index (κ3) is 2.39. The van der Waals surface area contributed by atoms with E-state index in [0.29, 0.717) is 0 Å². The first-order chi connectivity index (χ1) is 11.8. The summed E-state index contributed by atoms with van der Waals surface area (Å²) in [7, 11) is 0. The summed E-state index contributed by atoms with van der Waals surface area (Å²) in [5.74, 6) is 0.0315. The maximum Gasteiger partial charge on any atom is 0.251 e. The van der Waals surface area contributed by atoms with Gasteiger partial charge in [-0.05, 0) is 44.8 Å². The van der Waals surface area contributed by atoms with E-state index in [4.69, 9.17) is 0 Å². The van der Waals surface area contributed by atoms with Gasteiger partial charge in [0.15, 0.2) is 0 Å². The van der Waals surface area contributed by atoms with E-state index in [9.17, 15) is 4.79 Å². The summed E-state index contributed by atoms with van der Waals surface area (Å²) in [5.41, 5.74) is 0.775. The molecular weight excluding hydrogens is 294 g/mol. The van der Waals surface area contributed by atoms with Gasteiger partial charge in [-0.25, -0.2) is 0 Å². The molecule has 4 aromatic carbocycles. The van der Waals surface area contributed by atoms with E-state index in [1.54, 1.807) is 0 Å². The van der Waals surface area contributed by atoms with Gasteiger partial charge in [-0.3, -0.25) is 4.79 Å². The van der Waals surface area contributed by atoms with E-state index in [-0.39, 0.29) is 5.91 Å². The second kappa shape index (κ2) is 6.12. The van der Waals surface area contributed by atoms with Gasteiger partial charge in [0.2, 0.25) is 0 Å². The summed E-state index contributed by atoms with van der Waals surface area (Å²) in [5, 5.41) is 10.2. The molecule has 0 fully saturated rings. The van der Waals surface area contributed by atoms with Crippen molar-refractivity contribution in [2.45, 2.75) is 26.2 Å². The second-order valence-electron chi connectivity index (χ2n) is 6.43. The van der Waals surface area contributed by atoms with Gasteiger partial charge in [0.1, 0.15) is 0 Å². The molecular formula is C22H21NO. The highest BCUT2D eigenvalue weighted by molar-refractivity contribution is 6.26. The van der Waals surface area contributed by atoms with E-state index >= 15 is 0 Å². The van der Waals surface area contributed by atoms with Crippen molar-refractivity contribution >= 4 is 38.2 Å². The van der Waals surface area contributed by atoms with Gasteiger partial charge in [0.25, 0.3) is 5.91 Å². The molecule has 4 rings (SSSR count). The maximum absolute atomic E-state index is 12.6. The SMILES string of the molecule is CCCCCNC(=O)c1ccc2ccc3cccc4ccc1c2c34. The van der Waals surface area contributed by atoms with Crippen LogP contribution in [-0.2, 0) is 0 Å². The Bertz CT molecular complexity index is 1000. The second-order valence-corrected chi connectivity index (χ2v) is 6.43. The van der Waals surface area contributed by atoms with E-state index < -0.39 is 0 Å². The summed E-state index contributed by atoms with van der Waals surface area (Å²) >= 11 is 0. The van der Waals surface area contributed by atoms with Crippen molar-refractivity contribution in [3.63, 3.8) is 0 Å². The van der Waals surface area contributed by atoms with Crippen LogP contribution in [0.2, 0.25) is 0 Å². The molecule has 0 aliphatic heterocycles. The summed E-state index contributed by atoms with van der Waals surface area (Å²) in [4.78, 5) is 12.6. The fraction of sp³-hybridized carbons (Fsp3) is 0.227. The first-order valence-electron chi connectivity index (χ1n) is 8.74. The Morgan fingerprint density at radius 3 is 2.25 bits per heavy atom. The number of rotatable bonds is 5. The average molecular weight is 315 g/mol. The fourth-order valence-electron chi connectivity index (χ4n) is 3.61. The standard InChI is InChI=1S/C22H21NO/c1-2-3-4-14-23-22(24)19-13-11-17-9-8-15-6-5-7-16-10-12-18(19)21(17)20(15)16/h5-13H,2-4,14H2,1H3,(H,23,24). The monoisotopic (exact) mass is 315 g/mol. The highest BCUT2D eigenvalue weighted by Crippen LogP contribution is 2.35. The average Bonchev–Trinajstić information content (AvgIpc) is 2.63. The van der Waals surface area contributed by atoms with Gasteiger partial charge < -0.3 is 5.32 Å². The summed E-state index contributed by atoms with van der Waals surface area (Å²) in [6.45, 7) is 2.91. The number of carbonyl (C=O) groups is 1. The van der Waals surface area contributed by atoms with Crippen LogP contribution in [0.15, 0.2) is 54.6 Å². The van der Waals surface area contributed by atoms with Crippen LogP contribution in [0.1, 0.15) is 36.5 Å². The lowest BCUT2D eigenvalue weighted by molar-refractivity contribution is 0.0954. The van der Waals surface area contributed by atoms with Crippen molar-refractivity contribution < 1.29 is 4.79 Å². The zero-order chi connectivity index (χ0) is 16.5. The molecule has 2 nitrogen and oxygen atoms in total. The highest BCUT2D eigenvalue weighted by Gasteiger charge is 2.14. The Morgan fingerprint density at radius 2 is 1.50 bits per heavy atom. The molecule has 0 atom stereocenters. The zero-order valence-electron chi connectivity index (χ0n) is 13.9. The minimum atomic E-state index is 0.0315. The summed E-state index contributed by atoms with van der Waals surface area (Å²) in [6, 6.07) is 18.9. The van der Waals surface area contributed by atoms with Crippen LogP contribution < -0.4 is 5.32 Å². The van der Waals surface area contributed by atoms with Crippen LogP contribution in [0.4, 0.5) is 0 Å². The van der Waals surface area contributed by atoms with Crippen LogP contribution in [-0.4, -0.2) is 12.5 Å². The first-order valence-corrected chi connectivity index (χ1v) is 8.74. The zero-order valence-corrected chi connectivity index (χ0v) is 13.9. The molecule has 0 heterocycles. The van der Waals surface area contributed by atoms with Gasteiger partial charge in [0.05, 0.1) is 0 Å². The Hall–Kier alpha value is -2.61. The minimum absolute atomic E-state index is 0.0315. The van der Waals surface area contributed by atoms with Gasteiger partial charge in [0, 0.05) is 12.1 Å². The van der Waals surface area contributed by atoms with E-state index in [2.05, 4.69) is 60.8 Å². The predicted molar refractivity (Wildman–Crippen MR) is 102 cm³/mol. The van der Waals surface area contributed by atoms with Gasteiger partial charge >= 0.3 is 0 Å². The molecule has 24 heavy (non-hydrogen) atoms. The van der Waals surface area contributed by atoms with E-state index in [0.717, 1.165) is 36.8 Å². The molecule has 1 N–H and O–H groups in total. The van der Waals surface area contributed by atoms with Crippen LogP contribution in [0.3, 0.4) is 0 Å². The number of hydrogen-bond donors (Lipinski definition) is 1. The third-order valence-electron chi connectivity index (χ3n) is 4.84. The van der Waals surface area contributed by atoms with Crippen molar-refractivity contribution in [2.75, 3.05) is 6.54 Å². The lowest BCUT2D eigenvalue weighted by atomic mass is 9.92. The van der Waals surface area contributed by atoms with Gasteiger partial charge in [-0.15, -0.1) is 0 Å². The molecule has 2 heteroatoms. The first kappa shape index (κ1) is 14.9. The summed E-state index contributed by atoms with van der Waals surface area (Å²) in [6.07, 6.45) is 3.35. The number of unbranched alkanes of at least 4 members (excludes halogenated alkanes) is 2. The van der Waals surface area contributed by atoms with Crippen LogP contribution in [0.25, 0.3) is 32.3 Å². The van der Waals surface area contributed by atoms with Crippen molar-refractivity contribution in [2.24, 2.45) is 0 Å². The Labute approximate surface area is 141 Å². The lowest BCUT2D eigenvalue weighted by Crippen LogP contribution is -2.24. The summed E-state index contributed by atoms with van der Waals surface area (Å²) < 4.78 is 0. The van der Waals surface area contributed by atoms with Crippen molar-refractivity contribution in [1.82, 2.24) is 5.32 Å². The molecule has 0 aliphatic carbocycles. The normalized spacial score (nSPS) is 11.5. The van der Waals surface area contributed by atoms with E-state index in [1.165, 1.54) is 26.9 Å². The number of nitrogens with one attached hydrogen (secondary N) is 1. The molecule has 0 aliphatic rings. The molecule has 0 aromatic heterocycles. The van der Waals surface area contributed by atoms with Crippen LogP contribution >= 0.6 is 0 Å². The van der Waals surface area contributed by atoms with Crippen molar-refractivity contribution in [3.05, 3.63) is 60.2 Å². The van der Waals surface area contributed by atoms with Crippen LogP contribution in [0, 0.1) is 0 Å². The predicted octanol–water partition coefficient (Wildman–Crippen LogP) is 5.50. The fourth-order valence-corrected chi connectivity index (χ4v) is 3.61. The molecule has 1 amide bonds. The molecule has 0 radical (unpaired) electrons. The number of benzene rings is 4. The molecule has 4 aromatic rings. The van der Waals surface area contributed by atoms with Crippen molar-refractivity contribution in [1.29, 1.82) is 0 Å². The Kier molecular flexibility index (Phi) is 3.81. The minimum Gasteiger partial charge on any atom is -0.352 e. The molecule has 0 unspecified atom stereocenters. The Morgan fingerprint density at radius 1 is 0.833 bits per heavy atom. The Balaban J connectivity index is 1.83. The molecule has 0 saturated heterocycles. The number of amides is 1. The van der Waals surface area contributed by atoms with Gasteiger partial charge in [-0.1, -0.05) is 68.3 Å². The molecule has 120 valence electrons. The number of carbonyl (C=O) groups excluding carboxylic acids is 1. The van der Waals surface area contributed by atoms with Crippen molar-refractivity contribution in [3.8, 4) is 0 Å². The van der Waals surface area contributed by atoms with Crippen LogP contribution in [0.5, 0.6) is 0 Å². The highest BCUT2D eigenvalue weighted by atomic mass is 16.1. The smallest absolute Gasteiger partial charge is 0.251 e. The quantitative estimate of drug-likeness (QED) is 0.382. The largest absolute Gasteiger partial charge is 0.352 e. The van der Waals surface area contributed by atoms with Gasteiger partial charge in [-0.2, -0.15) is 0 Å². The lowest BCUT2D eigenvalue weighted by Gasteiger charge is -2.13. The molecule has 0 spiro atoms. The number of hydrogen-bond acceptors (Lipinski definition) is 1.